The Labute approximate surface area is 116 Å². The molecule has 108 valence electrons. The molecule has 3 atom stereocenters. The molecular formula is C15H27N3O. The van der Waals surface area contributed by atoms with Crippen molar-refractivity contribution in [1.29, 1.82) is 0 Å². The summed E-state index contributed by atoms with van der Waals surface area (Å²) in [7, 11) is 0. The molecule has 1 rings (SSSR count). The van der Waals surface area contributed by atoms with E-state index in [2.05, 4.69) is 25.7 Å². The third-order valence-corrected chi connectivity index (χ3v) is 4.29. The van der Waals surface area contributed by atoms with Crippen molar-refractivity contribution in [3.05, 3.63) is 24.3 Å². The molecule has 4 N–H and O–H groups in total. The molecule has 0 saturated heterocycles. The lowest BCUT2D eigenvalue weighted by atomic mass is 9.73. The normalized spacial score (nSPS) is 27.7. The van der Waals surface area contributed by atoms with Crippen LogP contribution in [0.5, 0.6) is 0 Å². The second kappa shape index (κ2) is 6.87. The number of amides is 1. The molecule has 4 nitrogen and oxygen atoms in total. The van der Waals surface area contributed by atoms with Gasteiger partial charge in [0, 0.05) is 12.1 Å². The molecular weight excluding hydrogens is 238 g/mol. The van der Waals surface area contributed by atoms with Gasteiger partial charge in [0.15, 0.2) is 0 Å². The van der Waals surface area contributed by atoms with Crippen LogP contribution in [0.1, 0.15) is 33.6 Å². The SMILES string of the molecule is CCN(CC)C(C)CCC1(C(N)=O)C=CC=CC1N. The Balaban J connectivity index is 2.74. The molecule has 0 bridgehead atoms. The van der Waals surface area contributed by atoms with Crippen LogP contribution >= 0.6 is 0 Å². The van der Waals surface area contributed by atoms with Crippen LogP contribution in [-0.2, 0) is 4.79 Å². The van der Waals surface area contributed by atoms with Crippen molar-refractivity contribution in [1.82, 2.24) is 4.90 Å². The summed E-state index contributed by atoms with van der Waals surface area (Å²) in [5, 5.41) is 0. The second-order valence-corrected chi connectivity index (χ2v) is 5.28. The van der Waals surface area contributed by atoms with Crippen molar-refractivity contribution in [3.63, 3.8) is 0 Å². The maximum absolute atomic E-state index is 11.9. The molecule has 0 spiro atoms. The maximum atomic E-state index is 11.9. The van der Waals surface area contributed by atoms with E-state index in [4.69, 9.17) is 11.5 Å². The predicted molar refractivity (Wildman–Crippen MR) is 79.5 cm³/mol. The quantitative estimate of drug-likeness (QED) is 0.731. The van der Waals surface area contributed by atoms with Gasteiger partial charge in [0.1, 0.15) is 0 Å². The van der Waals surface area contributed by atoms with Gasteiger partial charge in [0.25, 0.3) is 0 Å². The highest BCUT2D eigenvalue weighted by Gasteiger charge is 2.40. The van der Waals surface area contributed by atoms with E-state index in [9.17, 15) is 4.79 Å². The minimum atomic E-state index is -0.726. The lowest BCUT2D eigenvalue weighted by Crippen LogP contribution is -2.50. The number of allylic oxidation sites excluding steroid dienone is 2. The third-order valence-electron chi connectivity index (χ3n) is 4.29. The van der Waals surface area contributed by atoms with Crippen LogP contribution in [0.25, 0.3) is 0 Å². The Hall–Kier alpha value is -1.13. The number of hydrogen-bond donors (Lipinski definition) is 2. The van der Waals surface area contributed by atoms with E-state index < -0.39 is 5.41 Å². The number of nitrogens with two attached hydrogens (primary N) is 2. The number of nitrogens with zero attached hydrogens (tertiary/aromatic N) is 1. The Morgan fingerprint density at radius 2 is 2.00 bits per heavy atom. The van der Waals surface area contributed by atoms with Crippen molar-refractivity contribution in [2.75, 3.05) is 13.1 Å². The van der Waals surface area contributed by atoms with Gasteiger partial charge in [-0.05, 0) is 32.9 Å². The van der Waals surface area contributed by atoms with Crippen LogP contribution in [0.15, 0.2) is 24.3 Å². The number of rotatable bonds is 7. The fraction of sp³-hybridized carbons (Fsp3) is 0.667. The minimum Gasteiger partial charge on any atom is -0.369 e. The molecule has 0 heterocycles. The van der Waals surface area contributed by atoms with Gasteiger partial charge in [-0.3, -0.25) is 4.79 Å². The summed E-state index contributed by atoms with van der Waals surface area (Å²) in [6.07, 6.45) is 9.08. The van der Waals surface area contributed by atoms with Crippen LogP contribution < -0.4 is 11.5 Å². The topological polar surface area (TPSA) is 72.3 Å². The zero-order chi connectivity index (χ0) is 14.5. The highest BCUT2D eigenvalue weighted by atomic mass is 16.1. The van der Waals surface area contributed by atoms with Crippen molar-refractivity contribution in [2.24, 2.45) is 16.9 Å². The maximum Gasteiger partial charge on any atom is 0.229 e. The zero-order valence-electron chi connectivity index (χ0n) is 12.3. The largest absolute Gasteiger partial charge is 0.369 e. The van der Waals surface area contributed by atoms with E-state index in [1.54, 1.807) is 0 Å². The molecule has 3 unspecified atom stereocenters. The van der Waals surface area contributed by atoms with Gasteiger partial charge >= 0.3 is 0 Å². The zero-order valence-corrected chi connectivity index (χ0v) is 12.3. The molecule has 19 heavy (non-hydrogen) atoms. The molecule has 0 aromatic heterocycles. The van der Waals surface area contributed by atoms with Crippen LogP contribution in [0.4, 0.5) is 0 Å². The van der Waals surface area contributed by atoms with E-state index in [1.807, 2.05) is 24.3 Å². The fourth-order valence-electron chi connectivity index (χ4n) is 2.79. The fourth-order valence-corrected chi connectivity index (χ4v) is 2.79. The van der Waals surface area contributed by atoms with Gasteiger partial charge in [0.05, 0.1) is 5.41 Å². The summed E-state index contributed by atoms with van der Waals surface area (Å²) in [5.41, 5.74) is 11.0. The van der Waals surface area contributed by atoms with Crippen LogP contribution in [0.3, 0.4) is 0 Å². The van der Waals surface area contributed by atoms with Crippen LogP contribution in [0, 0.1) is 5.41 Å². The first-order chi connectivity index (χ1) is 8.97. The molecule has 0 fully saturated rings. The van der Waals surface area contributed by atoms with Crippen molar-refractivity contribution >= 4 is 5.91 Å². The highest BCUT2D eigenvalue weighted by Crippen LogP contribution is 2.33. The molecule has 4 heteroatoms. The summed E-state index contributed by atoms with van der Waals surface area (Å²) in [6, 6.07) is 0.108. The molecule has 0 radical (unpaired) electrons. The van der Waals surface area contributed by atoms with Crippen LogP contribution in [-0.4, -0.2) is 36.0 Å². The lowest BCUT2D eigenvalue weighted by Gasteiger charge is -2.36. The molecule has 0 saturated carbocycles. The van der Waals surface area contributed by atoms with Crippen molar-refractivity contribution in [2.45, 2.75) is 45.7 Å². The molecule has 0 aromatic carbocycles. The van der Waals surface area contributed by atoms with E-state index in [-0.39, 0.29) is 11.9 Å². The van der Waals surface area contributed by atoms with Gasteiger partial charge in [-0.2, -0.15) is 0 Å². The summed E-state index contributed by atoms with van der Waals surface area (Å²) in [4.78, 5) is 14.2. The monoisotopic (exact) mass is 265 g/mol. The third kappa shape index (κ3) is 3.45. The summed E-state index contributed by atoms with van der Waals surface area (Å²) < 4.78 is 0. The summed E-state index contributed by atoms with van der Waals surface area (Å²) >= 11 is 0. The van der Waals surface area contributed by atoms with E-state index in [0.29, 0.717) is 12.5 Å². The number of hydrogen-bond acceptors (Lipinski definition) is 3. The van der Waals surface area contributed by atoms with Gasteiger partial charge < -0.3 is 16.4 Å². The van der Waals surface area contributed by atoms with Crippen molar-refractivity contribution in [3.8, 4) is 0 Å². The van der Waals surface area contributed by atoms with Gasteiger partial charge in [-0.25, -0.2) is 0 Å². The molecule has 0 aromatic rings. The molecule has 0 aliphatic heterocycles. The number of carbonyl (C=O) groups excluding carboxylic acids is 1. The van der Waals surface area contributed by atoms with Gasteiger partial charge in [-0.1, -0.05) is 38.2 Å². The Kier molecular flexibility index (Phi) is 5.76. The Morgan fingerprint density at radius 3 is 2.47 bits per heavy atom. The average molecular weight is 265 g/mol. The highest BCUT2D eigenvalue weighted by molar-refractivity contribution is 5.84. The number of carbonyl (C=O) groups is 1. The summed E-state index contributed by atoms with van der Waals surface area (Å²) in [6.45, 7) is 8.53. The first kappa shape index (κ1) is 15.9. The van der Waals surface area contributed by atoms with E-state index >= 15 is 0 Å². The van der Waals surface area contributed by atoms with Gasteiger partial charge in [-0.15, -0.1) is 0 Å². The molecule has 1 amide bonds. The van der Waals surface area contributed by atoms with E-state index in [1.165, 1.54) is 0 Å². The predicted octanol–water partition coefficient (Wildman–Crippen LogP) is 1.42. The summed E-state index contributed by atoms with van der Waals surface area (Å²) in [5.74, 6) is -0.327. The smallest absolute Gasteiger partial charge is 0.229 e. The van der Waals surface area contributed by atoms with Gasteiger partial charge in [0.2, 0.25) is 5.91 Å². The minimum absolute atomic E-state index is 0.320. The first-order valence-electron chi connectivity index (χ1n) is 7.13. The standard InChI is InChI=1S/C15H27N3O/c1-4-18(5-2)12(3)9-11-15(14(17)19)10-7-6-8-13(15)16/h6-8,10,12-13H,4-5,9,11,16H2,1-3H3,(H2,17,19). The Morgan fingerprint density at radius 1 is 1.37 bits per heavy atom. The average Bonchev–Trinajstić information content (AvgIpc) is 2.39. The number of primary amides is 1. The lowest BCUT2D eigenvalue weighted by molar-refractivity contribution is -0.126. The van der Waals surface area contributed by atoms with Crippen molar-refractivity contribution < 1.29 is 4.79 Å². The van der Waals surface area contributed by atoms with E-state index in [0.717, 1.165) is 19.5 Å². The second-order valence-electron chi connectivity index (χ2n) is 5.28. The Bertz CT molecular complexity index is 360. The molecule has 1 aliphatic carbocycles. The van der Waals surface area contributed by atoms with Crippen LogP contribution in [0.2, 0.25) is 0 Å². The first-order valence-corrected chi connectivity index (χ1v) is 7.13. The molecule has 1 aliphatic rings.